The first kappa shape index (κ1) is 19.9. The van der Waals surface area contributed by atoms with Crippen LogP contribution in [-0.4, -0.2) is 41.6 Å². The summed E-state index contributed by atoms with van der Waals surface area (Å²) in [5.41, 5.74) is 7.36. The highest BCUT2D eigenvalue weighted by Crippen LogP contribution is 2.45. The van der Waals surface area contributed by atoms with Crippen LogP contribution >= 0.6 is 0 Å². The molecule has 0 radical (unpaired) electrons. The van der Waals surface area contributed by atoms with Crippen LogP contribution in [0.15, 0.2) is 59.6 Å². The molecule has 0 aliphatic carbocycles. The molecule has 5 rings (SSSR count). The first-order valence-electron chi connectivity index (χ1n) is 10.1. The molecule has 32 heavy (non-hydrogen) atoms. The van der Waals surface area contributed by atoms with Gasteiger partial charge in [0.2, 0.25) is 5.96 Å². The van der Waals surface area contributed by atoms with Crippen molar-refractivity contribution in [2.75, 3.05) is 20.8 Å². The molecule has 3 aromatic rings. The van der Waals surface area contributed by atoms with Crippen LogP contribution in [0.3, 0.4) is 0 Å². The lowest BCUT2D eigenvalue weighted by atomic mass is 9.91. The molecule has 4 N–H and O–H groups in total. The van der Waals surface area contributed by atoms with Crippen LogP contribution in [0.4, 0.5) is 0 Å². The SMILES string of the molecule is COc1cc(OC)c2c(c1)OCCC1=C2NC(NN)=NC1c1ccc(-n2cncn2)cc1. The molecule has 0 fully saturated rings. The van der Waals surface area contributed by atoms with E-state index < -0.39 is 0 Å². The van der Waals surface area contributed by atoms with Crippen LogP contribution in [-0.2, 0) is 0 Å². The van der Waals surface area contributed by atoms with Gasteiger partial charge in [-0.15, -0.1) is 0 Å². The van der Waals surface area contributed by atoms with Crippen LogP contribution in [0.2, 0.25) is 0 Å². The molecule has 0 saturated heterocycles. The molecule has 0 bridgehead atoms. The monoisotopic (exact) mass is 433 g/mol. The average molecular weight is 433 g/mol. The van der Waals surface area contributed by atoms with E-state index >= 15 is 0 Å². The molecule has 1 atom stereocenters. The van der Waals surface area contributed by atoms with Gasteiger partial charge in [-0.25, -0.2) is 20.5 Å². The number of nitrogens with one attached hydrogen (secondary N) is 2. The van der Waals surface area contributed by atoms with Crippen molar-refractivity contribution in [3.63, 3.8) is 0 Å². The number of guanidine groups is 1. The number of hydrogen-bond acceptors (Lipinski definition) is 9. The Bertz CT molecular complexity index is 1190. The molecule has 164 valence electrons. The second-order valence-electron chi connectivity index (χ2n) is 7.28. The van der Waals surface area contributed by atoms with E-state index in [1.54, 1.807) is 25.2 Å². The van der Waals surface area contributed by atoms with Gasteiger partial charge in [0.15, 0.2) is 0 Å². The number of rotatable bonds is 4. The van der Waals surface area contributed by atoms with Gasteiger partial charge in [0.1, 0.15) is 35.9 Å². The predicted molar refractivity (Wildman–Crippen MR) is 119 cm³/mol. The highest BCUT2D eigenvalue weighted by atomic mass is 16.5. The van der Waals surface area contributed by atoms with Gasteiger partial charge in [-0.1, -0.05) is 12.1 Å². The van der Waals surface area contributed by atoms with Gasteiger partial charge in [0.05, 0.1) is 37.8 Å². The summed E-state index contributed by atoms with van der Waals surface area (Å²) in [4.78, 5) is 8.81. The summed E-state index contributed by atoms with van der Waals surface area (Å²) < 4.78 is 18.9. The van der Waals surface area contributed by atoms with Gasteiger partial charge in [0, 0.05) is 18.6 Å². The molecular formula is C22H23N7O3. The molecule has 10 nitrogen and oxygen atoms in total. The standard InChI is InChI=1S/C22H23N7O3/c1-30-15-9-17(31-2)19-18(10-15)32-8-7-16-20(26-22(28-23)27-21(16)19)13-3-5-14(6-4-13)29-12-24-11-25-29/h3-6,9-12,20H,7-8,23H2,1-2H3,(H2,26,27,28). The van der Waals surface area contributed by atoms with Crippen molar-refractivity contribution < 1.29 is 14.2 Å². The molecule has 3 heterocycles. The predicted octanol–water partition coefficient (Wildman–Crippen LogP) is 1.94. The van der Waals surface area contributed by atoms with Crippen molar-refractivity contribution >= 4 is 11.7 Å². The van der Waals surface area contributed by atoms with E-state index in [1.165, 1.54) is 6.33 Å². The zero-order valence-electron chi connectivity index (χ0n) is 17.7. The van der Waals surface area contributed by atoms with Gasteiger partial charge < -0.3 is 19.5 Å². The molecule has 0 saturated carbocycles. The Balaban J connectivity index is 1.62. The van der Waals surface area contributed by atoms with Gasteiger partial charge in [-0.2, -0.15) is 5.10 Å². The zero-order valence-corrected chi connectivity index (χ0v) is 17.7. The van der Waals surface area contributed by atoms with Crippen molar-refractivity contribution in [3.8, 4) is 22.9 Å². The second kappa shape index (κ2) is 8.23. The van der Waals surface area contributed by atoms with Crippen LogP contribution < -0.4 is 30.8 Å². The Kier molecular flexibility index (Phi) is 5.12. The quantitative estimate of drug-likeness (QED) is 0.422. The maximum atomic E-state index is 6.08. The summed E-state index contributed by atoms with van der Waals surface area (Å²) in [6.07, 6.45) is 3.85. The summed E-state index contributed by atoms with van der Waals surface area (Å²) in [7, 11) is 3.24. The Morgan fingerprint density at radius 1 is 1.19 bits per heavy atom. The molecule has 0 amide bonds. The smallest absolute Gasteiger partial charge is 0.211 e. The van der Waals surface area contributed by atoms with Crippen LogP contribution in [0.5, 0.6) is 17.2 Å². The number of fused-ring (bicyclic) bond motifs is 2. The number of aliphatic imine (C=N–C) groups is 1. The maximum absolute atomic E-state index is 6.08. The van der Waals surface area contributed by atoms with E-state index in [2.05, 4.69) is 20.8 Å². The average Bonchev–Trinajstić information content (AvgIpc) is 3.32. The largest absolute Gasteiger partial charge is 0.496 e. The first-order chi connectivity index (χ1) is 15.7. The lowest BCUT2D eigenvalue weighted by Crippen LogP contribution is -2.43. The Morgan fingerprint density at radius 3 is 2.72 bits per heavy atom. The van der Waals surface area contributed by atoms with E-state index in [4.69, 9.17) is 25.0 Å². The summed E-state index contributed by atoms with van der Waals surface area (Å²) in [6, 6.07) is 11.5. The third-order valence-electron chi connectivity index (χ3n) is 5.56. The third kappa shape index (κ3) is 3.40. The topological polar surface area (TPSA) is 121 Å². The number of ether oxygens (including phenoxy) is 3. The fraction of sp³-hybridized carbons (Fsp3) is 0.227. The highest BCUT2D eigenvalue weighted by molar-refractivity contribution is 5.95. The van der Waals surface area contributed by atoms with Crippen molar-refractivity contribution in [1.82, 2.24) is 25.5 Å². The van der Waals surface area contributed by atoms with Crippen molar-refractivity contribution in [2.45, 2.75) is 12.5 Å². The van der Waals surface area contributed by atoms with Crippen LogP contribution in [0, 0.1) is 0 Å². The lowest BCUT2D eigenvalue weighted by molar-refractivity contribution is 0.315. The number of aromatic nitrogens is 3. The fourth-order valence-corrected chi connectivity index (χ4v) is 4.04. The van der Waals surface area contributed by atoms with E-state index in [0.717, 1.165) is 28.1 Å². The van der Waals surface area contributed by atoms with Gasteiger partial charge in [-0.3, -0.25) is 5.43 Å². The number of hydrazine groups is 1. The molecule has 1 aromatic heterocycles. The fourth-order valence-electron chi connectivity index (χ4n) is 4.04. The van der Waals surface area contributed by atoms with E-state index in [1.807, 2.05) is 36.4 Å². The molecule has 2 aliphatic heterocycles. The molecule has 0 spiro atoms. The highest BCUT2D eigenvalue weighted by Gasteiger charge is 2.32. The molecule has 10 heteroatoms. The Hall–Kier alpha value is -4.05. The van der Waals surface area contributed by atoms with E-state index in [9.17, 15) is 0 Å². The lowest BCUT2D eigenvalue weighted by Gasteiger charge is -2.28. The van der Waals surface area contributed by atoms with E-state index in [0.29, 0.717) is 36.2 Å². The normalized spacial score (nSPS) is 17.2. The molecular weight excluding hydrogens is 410 g/mol. The number of benzene rings is 2. The van der Waals surface area contributed by atoms with Crippen molar-refractivity contribution in [2.24, 2.45) is 10.8 Å². The minimum Gasteiger partial charge on any atom is -0.496 e. The van der Waals surface area contributed by atoms with E-state index in [-0.39, 0.29) is 6.04 Å². The molecule has 1 unspecified atom stereocenters. The second-order valence-corrected chi connectivity index (χ2v) is 7.28. The minimum absolute atomic E-state index is 0.247. The molecule has 2 aromatic carbocycles. The third-order valence-corrected chi connectivity index (χ3v) is 5.56. The van der Waals surface area contributed by atoms with Gasteiger partial charge in [0.25, 0.3) is 0 Å². The zero-order chi connectivity index (χ0) is 22.1. The minimum atomic E-state index is -0.247. The summed E-state index contributed by atoms with van der Waals surface area (Å²) >= 11 is 0. The number of nitrogens with zero attached hydrogens (tertiary/aromatic N) is 4. The Labute approximate surface area is 184 Å². The Morgan fingerprint density at radius 2 is 2.03 bits per heavy atom. The molecule has 2 aliphatic rings. The van der Waals surface area contributed by atoms with Crippen molar-refractivity contribution in [1.29, 1.82) is 0 Å². The number of methoxy groups -OCH3 is 2. The van der Waals surface area contributed by atoms with Gasteiger partial charge >= 0.3 is 0 Å². The maximum Gasteiger partial charge on any atom is 0.211 e. The summed E-state index contributed by atoms with van der Waals surface area (Å²) in [6.45, 7) is 0.498. The summed E-state index contributed by atoms with van der Waals surface area (Å²) in [5, 5.41) is 7.50. The van der Waals surface area contributed by atoms with Crippen LogP contribution in [0.25, 0.3) is 11.4 Å². The number of nitrogens with two attached hydrogens (primary N) is 1. The van der Waals surface area contributed by atoms with Crippen molar-refractivity contribution in [3.05, 3.63) is 65.8 Å². The van der Waals surface area contributed by atoms with Crippen LogP contribution in [0.1, 0.15) is 23.6 Å². The number of hydrogen-bond donors (Lipinski definition) is 3. The first-order valence-corrected chi connectivity index (χ1v) is 10.1. The van der Waals surface area contributed by atoms with Gasteiger partial charge in [-0.05, 0) is 23.3 Å². The summed E-state index contributed by atoms with van der Waals surface area (Å²) in [5.74, 6) is 8.20.